The molecule has 0 radical (unpaired) electrons. The Morgan fingerprint density at radius 2 is 2.21 bits per heavy atom. The zero-order chi connectivity index (χ0) is 13.4. The first-order valence-electron chi connectivity index (χ1n) is 7.35. The summed E-state index contributed by atoms with van der Waals surface area (Å²) in [7, 11) is 1.92. The summed E-state index contributed by atoms with van der Waals surface area (Å²) in [6, 6.07) is 2.78. The average molecular weight is 261 g/mol. The summed E-state index contributed by atoms with van der Waals surface area (Å²) >= 11 is 0. The number of likely N-dealkylation sites (N-methyl/N-ethyl adjacent to an activating group) is 1. The molecule has 0 atom stereocenters. The Bertz CT molecular complexity index is 531. The monoisotopic (exact) mass is 261 g/mol. The molecular weight excluding hydrogens is 238 g/mol. The van der Waals surface area contributed by atoms with Crippen molar-refractivity contribution in [2.24, 2.45) is 7.05 Å². The molecule has 0 unspecified atom stereocenters. The van der Waals surface area contributed by atoms with Crippen molar-refractivity contribution >= 4 is 0 Å². The number of pyridine rings is 1. The van der Waals surface area contributed by atoms with Crippen molar-refractivity contribution in [2.45, 2.75) is 45.3 Å². The molecule has 19 heavy (non-hydrogen) atoms. The third kappa shape index (κ3) is 2.60. The van der Waals surface area contributed by atoms with Crippen LogP contribution < -0.4 is 10.9 Å². The lowest BCUT2D eigenvalue weighted by atomic mass is 10.0. The standard InChI is InChI=1S/C15H23N3O/c1-3-18-7-6-14-12(10-18)8-11(15(19)17(14)2)9-16-13-4-5-13/h8,13,16H,3-7,9-10H2,1-2H3. The zero-order valence-electron chi connectivity index (χ0n) is 11.9. The number of aromatic nitrogens is 1. The summed E-state index contributed by atoms with van der Waals surface area (Å²) < 4.78 is 1.87. The lowest BCUT2D eigenvalue weighted by Gasteiger charge is -2.29. The van der Waals surface area contributed by atoms with E-state index in [4.69, 9.17) is 0 Å². The van der Waals surface area contributed by atoms with Gasteiger partial charge in [-0.1, -0.05) is 6.92 Å². The van der Waals surface area contributed by atoms with E-state index in [0.717, 1.165) is 38.2 Å². The molecule has 1 aromatic rings. The number of nitrogens with zero attached hydrogens (tertiary/aromatic N) is 2. The molecular formula is C15H23N3O. The van der Waals surface area contributed by atoms with E-state index < -0.39 is 0 Å². The lowest BCUT2D eigenvalue weighted by Crippen LogP contribution is -2.36. The molecule has 0 bridgehead atoms. The SMILES string of the molecule is CCN1CCc2c(cc(CNC3CC3)c(=O)n2C)C1. The molecule has 3 rings (SSSR count). The van der Waals surface area contributed by atoms with Crippen LogP contribution in [0.4, 0.5) is 0 Å². The van der Waals surface area contributed by atoms with E-state index in [1.165, 1.54) is 24.1 Å². The van der Waals surface area contributed by atoms with Gasteiger partial charge in [-0.15, -0.1) is 0 Å². The third-order valence-electron chi connectivity index (χ3n) is 4.37. The Labute approximate surface area is 114 Å². The first kappa shape index (κ1) is 12.9. The second-order valence-electron chi connectivity index (χ2n) is 5.78. The number of nitrogens with one attached hydrogen (secondary N) is 1. The second kappa shape index (κ2) is 5.10. The minimum Gasteiger partial charge on any atom is -0.315 e. The van der Waals surface area contributed by atoms with Gasteiger partial charge in [0.05, 0.1) is 0 Å². The molecule has 1 saturated carbocycles. The van der Waals surface area contributed by atoms with E-state index in [9.17, 15) is 4.79 Å². The highest BCUT2D eigenvalue weighted by Crippen LogP contribution is 2.20. The van der Waals surface area contributed by atoms with Gasteiger partial charge in [0, 0.05) is 50.4 Å². The van der Waals surface area contributed by atoms with E-state index >= 15 is 0 Å². The van der Waals surface area contributed by atoms with Crippen LogP contribution in [0, 0.1) is 0 Å². The quantitative estimate of drug-likeness (QED) is 0.879. The van der Waals surface area contributed by atoms with E-state index in [2.05, 4.69) is 23.2 Å². The average Bonchev–Trinajstić information content (AvgIpc) is 3.24. The van der Waals surface area contributed by atoms with Gasteiger partial charge in [-0.2, -0.15) is 0 Å². The molecule has 2 heterocycles. The number of rotatable bonds is 4. The smallest absolute Gasteiger partial charge is 0.255 e. The maximum Gasteiger partial charge on any atom is 0.255 e. The van der Waals surface area contributed by atoms with Crippen molar-refractivity contribution in [3.63, 3.8) is 0 Å². The topological polar surface area (TPSA) is 37.3 Å². The first-order valence-corrected chi connectivity index (χ1v) is 7.35. The van der Waals surface area contributed by atoms with Crippen molar-refractivity contribution in [1.82, 2.24) is 14.8 Å². The molecule has 0 spiro atoms. The number of hydrogen-bond donors (Lipinski definition) is 1. The highest BCUT2D eigenvalue weighted by Gasteiger charge is 2.22. The molecule has 1 aliphatic carbocycles. The molecule has 2 aliphatic rings. The Balaban J connectivity index is 1.88. The van der Waals surface area contributed by atoms with Crippen molar-refractivity contribution < 1.29 is 0 Å². The largest absolute Gasteiger partial charge is 0.315 e. The Hall–Kier alpha value is -1.13. The molecule has 1 aliphatic heterocycles. The molecule has 0 amide bonds. The minimum absolute atomic E-state index is 0.178. The van der Waals surface area contributed by atoms with Crippen LogP contribution in [0.2, 0.25) is 0 Å². The zero-order valence-corrected chi connectivity index (χ0v) is 11.9. The Morgan fingerprint density at radius 3 is 2.89 bits per heavy atom. The van der Waals surface area contributed by atoms with Gasteiger partial charge in [0.25, 0.3) is 5.56 Å². The van der Waals surface area contributed by atoms with Crippen LogP contribution in [0.1, 0.15) is 36.6 Å². The second-order valence-corrected chi connectivity index (χ2v) is 5.78. The van der Waals surface area contributed by atoms with Gasteiger partial charge in [0.1, 0.15) is 0 Å². The predicted octanol–water partition coefficient (Wildman–Crippen LogP) is 1.02. The minimum atomic E-state index is 0.178. The fourth-order valence-corrected chi connectivity index (χ4v) is 2.90. The van der Waals surface area contributed by atoms with Crippen LogP contribution in [0.15, 0.2) is 10.9 Å². The summed E-state index contributed by atoms with van der Waals surface area (Å²) in [6.45, 7) is 6.05. The summed E-state index contributed by atoms with van der Waals surface area (Å²) in [5, 5.41) is 3.45. The fraction of sp³-hybridized carbons (Fsp3) is 0.667. The van der Waals surface area contributed by atoms with E-state index in [-0.39, 0.29) is 5.56 Å². The highest BCUT2D eigenvalue weighted by atomic mass is 16.1. The molecule has 1 fully saturated rings. The Kier molecular flexibility index (Phi) is 3.46. The predicted molar refractivity (Wildman–Crippen MR) is 76.2 cm³/mol. The van der Waals surface area contributed by atoms with Gasteiger partial charge in [0.15, 0.2) is 0 Å². The van der Waals surface area contributed by atoms with Crippen LogP contribution in [-0.4, -0.2) is 28.6 Å². The normalized spacial score (nSPS) is 19.5. The van der Waals surface area contributed by atoms with Gasteiger partial charge >= 0.3 is 0 Å². The van der Waals surface area contributed by atoms with Crippen LogP contribution in [0.3, 0.4) is 0 Å². The fourth-order valence-electron chi connectivity index (χ4n) is 2.90. The van der Waals surface area contributed by atoms with Gasteiger partial charge < -0.3 is 9.88 Å². The van der Waals surface area contributed by atoms with Gasteiger partial charge in [-0.3, -0.25) is 9.69 Å². The van der Waals surface area contributed by atoms with Crippen LogP contribution in [-0.2, 0) is 26.6 Å². The van der Waals surface area contributed by atoms with E-state index in [0.29, 0.717) is 6.04 Å². The van der Waals surface area contributed by atoms with Crippen molar-refractivity contribution in [1.29, 1.82) is 0 Å². The Morgan fingerprint density at radius 1 is 1.42 bits per heavy atom. The van der Waals surface area contributed by atoms with Crippen molar-refractivity contribution in [3.8, 4) is 0 Å². The summed E-state index contributed by atoms with van der Waals surface area (Å²) in [5.74, 6) is 0. The van der Waals surface area contributed by atoms with Crippen LogP contribution in [0.5, 0.6) is 0 Å². The van der Waals surface area contributed by atoms with E-state index in [1.807, 2.05) is 11.6 Å². The van der Waals surface area contributed by atoms with Gasteiger partial charge in [-0.25, -0.2) is 0 Å². The summed E-state index contributed by atoms with van der Waals surface area (Å²) in [5.41, 5.74) is 3.66. The maximum absolute atomic E-state index is 12.3. The highest BCUT2D eigenvalue weighted by molar-refractivity contribution is 5.29. The summed E-state index contributed by atoms with van der Waals surface area (Å²) in [4.78, 5) is 14.8. The van der Waals surface area contributed by atoms with Crippen LogP contribution >= 0.6 is 0 Å². The first-order chi connectivity index (χ1) is 9.19. The van der Waals surface area contributed by atoms with Crippen molar-refractivity contribution in [3.05, 3.63) is 33.2 Å². The molecule has 1 aromatic heterocycles. The van der Waals surface area contributed by atoms with E-state index in [1.54, 1.807) is 0 Å². The molecule has 0 aromatic carbocycles. The number of hydrogen-bond acceptors (Lipinski definition) is 3. The molecule has 4 heteroatoms. The van der Waals surface area contributed by atoms with Gasteiger partial charge in [0.2, 0.25) is 0 Å². The molecule has 1 N–H and O–H groups in total. The molecule has 0 saturated heterocycles. The van der Waals surface area contributed by atoms with Gasteiger partial charge in [-0.05, 0) is 31.0 Å². The van der Waals surface area contributed by atoms with Crippen molar-refractivity contribution in [2.75, 3.05) is 13.1 Å². The number of fused-ring (bicyclic) bond motifs is 1. The lowest BCUT2D eigenvalue weighted by molar-refractivity contribution is 0.262. The molecule has 4 nitrogen and oxygen atoms in total. The third-order valence-corrected chi connectivity index (χ3v) is 4.37. The molecule has 104 valence electrons. The summed E-state index contributed by atoms with van der Waals surface area (Å²) in [6.07, 6.45) is 3.51. The van der Waals surface area contributed by atoms with Crippen LogP contribution in [0.25, 0.3) is 0 Å². The maximum atomic E-state index is 12.3.